The van der Waals surface area contributed by atoms with Gasteiger partial charge in [0.2, 0.25) is 11.7 Å². The maximum Gasteiger partial charge on any atom is 0.414 e. The Bertz CT molecular complexity index is 735. The van der Waals surface area contributed by atoms with E-state index in [1.165, 1.54) is 24.0 Å². The van der Waals surface area contributed by atoms with Crippen LogP contribution in [0.25, 0.3) is 0 Å². The summed E-state index contributed by atoms with van der Waals surface area (Å²) in [5.41, 5.74) is 1.01. The molecule has 1 aromatic rings. The number of halogens is 2. The summed E-state index contributed by atoms with van der Waals surface area (Å²) in [5.74, 6) is -4.74. The first kappa shape index (κ1) is 17.3. The molecule has 1 fully saturated rings. The molecule has 0 aromatic heterocycles. The van der Waals surface area contributed by atoms with Crippen LogP contribution in [0.2, 0.25) is 0 Å². The molecule has 0 radical (unpaired) electrons. The molecule has 1 saturated heterocycles. The third-order valence-electron chi connectivity index (χ3n) is 4.37. The molecule has 1 heterocycles. The summed E-state index contributed by atoms with van der Waals surface area (Å²) >= 11 is 0. The molecule has 1 aliphatic heterocycles. The molecule has 0 spiro atoms. The highest BCUT2D eigenvalue weighted by Crippen LogP contribution is 2.34. The van der Waals surface area contributed by atoms with Crippen LogP contribution in [-0.2, 0) is 16.0 Å². The molecule has 2 amide bonds. The summed E-state index contributed by atoms with van der Waals surface area (Å²) in [5, 5.41) is 2.58. The Morgan fingerprint density at radius 2 is 2.16 bits per heavy atom. The molecule has 1 N–H and O–H groups in total. The summed E-state index contributed by atoms with van der Waals surface area (Å²) in [6, 6.07) is 4.41. The summed E-state index contributed by atoms with van der Waals surface area (Å²) in [7, 11) is 0. The Balaban J connectivity index is 1.81. The van der Waals surface area contributed by atoms with Gasteiger partial charge in [-0.15, -0.1) is 0 Å². The summed E-state index contributed by atoms with van der Waals surface area (Å²) in [6.45, 7) is 1.81. The van der Waals surface area contributed by atoms with Gasteiger partial charge in [0.25, 0.3) is 0 Å². The molecule has 0 bridgehead atoms. The molecule has 1 atom stereocenters. The first-order chi connectivity index (χ1) is 11.8. The number of Topliss-reactive ketones (excluding diaryl/α,β-unsaturated/α-hetero) is 1. The van der Waals surface area contributed by atoms with Crippen molar-refractivity contribution in [1.29, 1.82) is 0 Å². The van der Waals surface area contributed by atoms with Crippen molar-refractivity contribution in [2.75, 3.05) is 18.0 Å². The van der Waals surface area contributed by atoms with Crippen LogP contribution in [0.4, 0.5) is 19.3 Å². The average Bonchev–Trinajstić information content (AvgIpc) is 2.87. The topological polar surface area (TPSA) is 75.7 Å². The number of rotatable bonds is 3. The number of benzene rings is 1. The second kappa shape index (κ2) is 6.42. The van der Waals surface area contributed by atoms with Crippen molar-refractivity contribution >= 4 is 23.5 Å². The first-order valence-corrected chi connectivity index (χ1v) is 8.06. The maximum atomic E-state index is 13.7. The summed E-state index contributed by atoms with van der Waals surface area (Å²) in [6.07, 6.45) is -0.977. The zero-order valence-corrected chi connectivity index (χ0v) is 13.7. The van der Waals surface area contributed by atoms with E-state index in [0.29, 0.717) is 17.7 Å². The van der Waals surface area contributed by atoms with Crippen molar-refractivity contribution in [3.05, 3.63) is 29.3 Å². The molecule has 1 unspecified atom stereocenters. The predicted molar refractivity (Wildman–Crippen MR) is 85.0 cm³/mol. The van der Waals surface area contributed by atoms with E-state index in [9.17, 15) is 23.2 Å². The van der Waals surface area contributed by atoms with Crippen LogP contribution in [-0.4, -0.2) is 42.9 Å². The Morgan fingerprint density at radius 1 is 1.40 bits per heavy atom. The van der Waals surface area contributed by atoms with E-state index in [0.717, 1.165) is 0 Å². The van der Waals surface area contributed by atoms with Gasteiger partial charge in [-0.2, -0.15) is 8.78 Å². The fraction of sp³-hybridized carbons (Fsp3) is 0.471. The smallest absolute Gasteiger partial charge is 0.414 e. The molecule has 3 rings (SSSR count). The number of amides is 2. The fourth-order valence-corrected chi connectivity index (χ4v) is 3.08. The molecule has 134 valence electrons. The zero-order chi connectivity index (χ0) is 18.2. The Hall–Kier alpha value is -2.51. The molecule has 1 aromatic carbocycles. The van der Waals surface area contributed by atoms with E-state index in [1.807, 2.05) is 0 Å². The lowest BCUT2D eigenvalue weighted by molar-refractivity contribution is -0.119. The average molecular weight is 352 g/mol. The van der Waals surface area contributed by atoms with Gasteiger partial charge in [0.15, 0.2) is 0 Å². The molecular formula is C17H18F2N2O4. The lowest BCUT2D eigenvalue weighted by atomic mass is 10.00. The van der Waals surface area contributed by atoms with Crippen LogP contribution in [0, 0.1) is 0 Å². The number of carbonyl (C=O) groups excluding carboxylic acids is 3. The van der Waals surface area contributed by atoms with Crippen molar-refractivity contribution in [3.8, 4) is 0 Å². The van der Waals surface area contributed by atoms with Gasteiger partial charge in [0, 0.05) is 24.6 Å². The van der Waals surface area contributed by atoms with Gasteiger partial charge >= 0.3 is 12.0 Å². The molecule has 25 heavy (non-hydrogen) atoms. The number of ketones is 1. The van der Waals surface area contributed by atoms with Crippen molar-refractivity contribution in [3.63, 3.8) is 0 Å². The van der Waals surface area contributed by atoms with Crippen LogP contribution in [0.1, 0.15) is 35.7 Å². The number of aryl methyl sites for hydroxylation is 1. The Kier molecular flexibility index (Phi) is 4.45. The number of fused-ring (bicyclic) bond motifs is 1. The SMILES string of the molecule is CC(=O)NCC1CN(c2ccc3c(c2)CCCC(F)(F)C3=O)C(=O)O1. The van der Waals surface area contributed by atoms with E-state index in [4.69, 9.17) is 4.74 Å². The minimum Gasteiger partial charge on any atom is -0.442 e. The van der Waals surface area contributed by atoms with Gasteiger partial charge in [0.1, 0.15) is 6.10 Å². The summed E-state index contributed by atoms with van der Waals surface area (Å²) < 4.78 is 32.7. The standard InChI is InChI=1S/C17H18F2N2O4/c1-10(22)20-8-13-9-21(16(24)25-13)12-4-5-14-11(7-12)3-2-6-17(18,19)15(14)23/h4-5,7,13H,2-3,6,8-9H2,1H3,(H,20,22). The second-order valence-corrected chi connectivity index (χ2v) is 6.28. The number of nitrogens with zero attached hydrogens (tertiary/aromatic N) is 1. The van der Waals surface area contributed by atoms with Crippen molar-refractivity contribution in [1.82, 2.24) is 5.32 Å². The fourth-order valence-electron chi connectivity index (χ4n) is 3.08. The third kappa shape index (κ3) is 3.47. The quantitative estimate of drug-likeness (QED) is 0.847. The van der Waals surface area contributed by atoms with Crippen molar-refractivity contribution < 1.29 is 27.9 Å². The third-order valence-corrected chi connectivity index (χ3v) is 4.37. The molecule has 0 saturated carbocycles. The van der Waals surface area contributed by atoms with Crippen LogP contribution in [0.15, 0.2) is 18.2 Å². The van der Waals surface area contributed by atoms with Gasteiger partial charge in [-0.05, 0) is 36.6 Å². The minimum atomic E-state index is -3.34. The van der Waals surface area contributed by atoms with E-state index < -0.39 is 30.3 Å². The van der Waals surface area contributed by atoms with E-state index >= 15 is 0 Å². The Morgan fingerprint density at radius 3 is 2.88 bits per heavy atom. The lowest BCUT2D eigenvalue weighted by Crippen LogP contribution is -2.33. The van der Waals surface area contributed by atoms with Gasteiger partial charge in [-0.1, -0.05) is 0 Å². The number of ether oxygens (including phenoxy) is 1. The van der Waals surface area contributed by atoms with Gasteiger partial charge in [0.05, 0.1) is 13.1 Å². The van der Waals surface area contributed by atoms with Gasteiger partial charge < -0.3 is 10.1 Å². The Labute approximate surface area is 143 Å². The van der Waals surface area contributed by atoms with Crippen molar-refractivity contribution in [2.24, 2.45) is 0 Å². The van der Waals surface area contributed by atoms with E-state index in [1.54, 1.807) is 6.07 Å². The van der Waals surface area contributed by atoms with Crippen LogP contribution in [0.3, 0.4) is 0 Å². The van der Waals surface area contributed by atoms with Crippen molar-refractivity contribution in [2.45, 2.75) is 38.2 Å². The second-order valence-electron chi connectivity index (χ2n) is 6.28. The molecule has 6 nitrogen and oxygen atoms in total. The minimum absolute atomic E-state index is 0.00797. The number of nitrogens with one attached hydrogen (secondary N) is 1. The van der Waals surface area contributed by atoms with Crippen LogP contribution in [0.5, 0.6) is 0 Å². The number of carbonyl (C=O) groups is 3. The number of alkyl halides is 2. The molecule has 2 aliphatic rings. The zero-order valence-electron chi connectivity index (χ0n) is 13.7. The highest BCUT2D eigenvalue weighted by Gasteiger charge is 2.42. The highest BCUT2D eigenvalue weighted by molar-refractivity contribution is 6.03. The van der Waals surface area contributed by atoms with E-state index in [-0.39, 0.29) is 31.0 Å². The highest BCUT2D eigenvalue weighted by atomic mass is 19.3. The van der Waals surface area contributed by atoms with Crippen LogP contribution < -0.4 is 10.2 Å². The van der Waals surface area contributed by atoms with Gasteiger partial charge in [-0.25, -0.2) is 4.79 Å². The molecular weight excluding hydrogens is 334 g/mol. The normalized spacial score (nSPS) is 22.2. The molecule has 1 aliphatic carbocycles. The number of anilines is 1. The monoisotopic (exact) mass is 352 g/mol. The number of hydrogen-bond acceptors (Lipinski definition) is 4. The van der Waals surface area contributed by atoms with Gasteiger partial charge in [-0.3, -0.25) is 14.5 Å². The predicted octanol–water partition coefficient (Wildman–Crippen LogP) is 2.30. The summed E-state index contributed by atoms with van der Waals surface area (Å²) in [4.78, 5) is 36.3. The largest absolute Gasteiger partial charge is 0.442 e. The van der Waals surface area contributed by atoms with E-state index in [2.05, 4.69) is 5.32 Å². The first-order valence-electron chi connectivity index (χ1n) is 8.06. The maximum absolute atomic E-state index is 13.7. The lowest BCUT2D eigenvalue weighted by Gasteiger charge is -2.16. The molecule has 8 heteroatoms. The number of hydrogen-bond donors (Lipinski definition) is 1. The van der Waals surface area contributed by atoms with Crippen LogP contribution >= 0.6 is 0 Å². The number of cyclic esters (lactones) is 1.